The molecule has 0 unspecified atom stereocenters. The quantitative estimate of drug-likeness (QED) is 0.348. The van der Waals surface area contributed by atoms with Crippen molar-refractivity contribution in [3.8, 4) is 0 Å². The average molecular weight is 356 g/mol. The Morgan fingerprint density at radius 1 is 1.19 bits per heavy atom. The molecule has 0 spiro atoms. The average Bonchev–Trinajstić information content (AvgIpc) is 2.88. The van der Waals surface area contributed by atoms with Crippen LogP contribution < -0.4 is 0 Å². The standard InChI is InChI=1S/C20H20O6/c1-3-25-16(21)11-15(12-7-5-4-6-8-12)13-9-10-14-17(20(23)24-2)18(13)26-19(14)22/h4-11,13-14,17-18H,3H2,1-2H3/b15-11+/t13-,14-,17-,18+/m1/s1. The summed E-state index contributed by atoms with van der Waals surface area (Å²) in [5.41, 5.74) is 1.42. The first kappa shape index (κ1) is 17.9. The Bertz CT molecular complexity index is 764. The highest BCUT2D eigenvalue weighted by atomic mass is 16.6. The van der Waals surface area contributed by atoms with Crippen LogP contribution >= 0.6 is 0 Å². The van der Waals surface area contributed by atoms with Crippen molar-refractivity contribution in [3.63, 3.8) is 0 Å². The van der Waals surface area contributed by atoms with Crippen LogP contribution in [0.2, 0.25) is 0 Å². The van der Waals surface area contributed by atoms with Crippen molar-refractivity contribution in [1.82, 2.24) is 0 Å². The van der Waals surface area contributed by atoms with Gasteiger partial charge in [-0.1, -0.05) is 42.5 Å². The molecule has 3 rings (SSSR count). The second-order valence-corrected chi connectivity index (χ2v) is 6.10. The number of carbonyl (C=O) groups is 3. The molecule has 1 fully saturated rings. The van der Waals surface area contributed by atoms with Gasteiger partial charge in [0.1, 0.15) is 12.0 Å². The second kappa shape index (κ2) is 7.56. The van der Waals surface area contributed by atoms with Crippen LogP contribution in [-0.4, -0.2) is 37.7 Å². The molecule has 0 saturated carbocycles. The van der Waals surface area contributed by atoms with E-state index in [-0.39, 0.29) is 6.61 Å². The van der Waals surface area contributed by atoms with Gasteiger partial charge in [-0.2, -0.15) is 0 Å². The lowest BCUT2D eigenvalue weighted by Crippen LogP contribution is -2.37. The monoisotopic (exact) mass is 356 g/mol. The summed E-state index contributed by atoms with van der Waals surface area (Å²) in [4.78, 5) is 36.4. The van der Waals surface area contributed by atoms with Gasteiger partial charge in [0.15, 0.2) is 0 Å². The molecule has 0 N–H and O–H groups in total. The van der Waals surface area contributed by atoms with Gasteiger partial charge in [0, 0.05) is 12.0 Å². The zero-order valence-corrected chi connectivity index (χ0v) is 14.6. The van der Waals surface area contributed by atoms with E-state index in [0.717, 1.165) is 5.56 Å². The van der Waals surface area contributed by atoms with Crippen molar-refractivity contribution in [2.24, 2.45) is 17.8 Å². The lowest BCUT2D eigenvalue weighted by Gasteiger charge is -2.29. The Kier molecular flexibility index (Phi) is 5.21. The van der Waals surface area contributed by atoms with Gasteiger partial charge in [-0.25, -0.2) is 4.79 Å². The third-order valence-electron chi connectivity index (χ3n) is 4.64. The van der Waals surface area contributed by atoms with Crippen molar-refractivity contribution in [3.05, 3.63) is 54.1 Å². The molecular weight excluding hydrogens is 336 g/mol. The van der Waals surface area contributed by atoms with Crippen molar-refractivity contribution in [2.75, 3.05) is 13.7 Å². The number of hydrogen-bond donors (Lipinski definition) is 0. The highest BCUT2D eigenvalue weighted by molar-refractivity contribution is 5.94. The summed E-state index contributed by atoms with van der Waals surface area (Å²) in [5.74, 6) is -3.26. The number of ether oxygens (including phenoxy) is 3. The fraction of sp³-hybridized carbons (Fsp3) is 0.350. The SMILES string of the molecule is CCOC(=O)/C=C(\c1ccccc1)[C@H]1C=C[C@H]2C(=O)O[C@@H]1[C@@H]2C(=O)OC. The van der Waals surface area contributed by atoms with E-state index in [1.807, 2.05) is 36.4 Å². The normalized spacial score (nSPS) is 27.0. The Balaban J connectivity index is 2.03. The van der Waals surface area contributed by atoms with Crippen molar-refractivity contribution in [2.45, 2.75) is 13.0 Å². The van der Waals surface area contributed by atoms with E-state index < -0.39 is 41.8 Å². The maximum absolute atomic E-state index is 12.2. The number of carbonyl (C=O) groups excluding carboxylic acids is 3. The maximum atomic E-state index is 12.2. The first-order chi connectivity index (χ1) is 12.6. The van der Waals surface area contributed by atoms with E-state index in [1.165, 1.54) is 13.2 Å². The molecule has 6 nitrogen and oxygen atoms in total. The molecule has 136 valence electrons. The molecule has 1 aromatic carbocycles. The zero-order valence-electron chi connectivity index (χ0n) is 14.6. The number of benzene rings is 1. The van der Waals surface area contributed by atoms with Crippen molar-refractivity contribution in [1.29, 1.82) is 0 Å². The van der Waals surface area contributed by atoms with E-state index in [0.29, 0.717) is 5.57 Å². The van der Waals surface area contributed by atoms with Gasteiger partial charge in [-0.3, -0.25) is 9.59 Å². The third-order valence-corrected chi connectivity index (χ3v) is 4.64. The Morgan fingerprint density at radius 2 is 1.92 bits per heavy atom. The summed E-state index contributed by atoms with van der Waals surface area (Å²) < 4.78 is 15.4. The van der Waals surface area contributed by atoms with Gasteiger partial charge in [0.05, 0.1) is 19.6 Å². The number of methoxy groups -OCH3 is 1. The Labute approximate surface area is 151 Å². The molecule has 0 amide bonds. The first-order valence-corrected chi connectivity index (χ1v) is 8.47. The molecule has 1 heterocycles. The summed E-state index contributed by atoms with van der Waals surface area (Å²) in [7, 11) is 1.28. The molecule has 6 heteroatoms. The van der Waals surface area contributed by atoms with Crippen LogP contribution in [0.4, 0.5) is 0 Å². The largest absolute Gasteiger partial charge is 0.469 e. The highest BCUT2D eigenvalue weighted by Crippen LogP contribution is 2.44. The molecule has 26 heavy (non-hydrogen) atoms. The van der Waals surface area contributed by atoms with E-state index in [9.17, 15) is 14.4 Å². The minimum Gasteiger partial charge on any atom is -0.469 e. The van der Waals surface area contributed by atoms with Crippen molar-refractivity contribution < 1.29 is 28.6 Å². The summed E-state index contributed by atoms with van der Waals surface area (Å²) in [5, 5.41) is 0. The maximum Gasteiger partial charge on any atom is 0.331 e. The molecule has 1 aliphatic carbocycles. The van der Waals surface area contributed by atoms with Crippen LogP contribution in [0.1, 0.15) is 12.5 Å². The molecule has 1 saturated heterocycles. The molecule has 1 aliphatic heterocycles. The second-order valence-electron chi connectivity index (χ2n) is 6.10. The van der Waals surface area contributed by atoms with Crippen LogP contribution in [0.15, 0.2) is 48.6 Å². The van der Waals surface area contributed by atoms with Crippen molar-refractivity contribution >= 4 is 23.5 Å². The summed E-state index contributed by atoms with van der Waals surface area (Å²) in [6, 6.07) is 9.28. The van der Waals surface area contributed by atoms with Gasteiger partial charge in [0.2, 0.25) is 0 Å². The minimum atomic E-state index is -0.725. The molecule has 4 atom stereocenters. The number of rotatable bonds is 5. The Morgan fingerprint density at radius 3 is 2.58 bits per heavy atom. The summed E-state index contributed by atoms with van der Waals surface area (Å²) in [6.45, 7) is 1.98. The van der Waals surface area contributed by atoms with Crippen LogP contribution in [-0.2, 0) is 28.6 Å². The molecule has 0 radical (unpaired) electrons. The highest BCUT2D eigenvalue weighted by Gasteiger charge is 2.54. The van der Waals surface area contributed by atoms with Gasteiger partial charge < -0.3 is 14.2 Å². The zero-order chi connectivity index (χ0) is 18.7. The first-order valence-electron chi connectivity index (χ1n) is 8.47. The molecule has 1 aromatic rings. The number of esters is 3. The van der Waals surface area contributed by atoms with Crippen LogP contribution in [0, 0.1) is 17.8 Å². The predicted molar refractivity (Wildman–Crippen MR) is 92.6 cm³/mol. The van der Waals surface area contributed by atoms with E-state index in [4.69, 9.17) is 14.2 Å². The smallest absolute Gasteiger partial charge is 0.331 e. The lowest BCUT2D eigenvalue weighted by atomic mass is 9.74. The third kappa shape index (κ3) is 3.27. The van der Waals surface area contributed by atoms with Crippen LogP contribution in [0.25, 0.3) is 5.57 Å². The summed E-state index contributed by atoms with van der Waals surface area (Å²) >= 11 is 0. The van der Waals surface area contributed by atoms with Crippen LogP contribution in [0.5, 0.6) is 0 Å². The molecular formula is C20H20O6. The summed E-state index contributed by atoms with van der Waals surface area (Å²) in [6.07, 6.45) is 4.16. The van der Waals surface area contributed by atoms with Gasteiger partial charge in [-0.15, -0.1) is 0 Å². The van der Waals surface area contributed by atoms with Gasteiger partial charge >= 0.3 is 17.9 Å². The fourth-order valence-corrected chi connectivity index (χ4v) is 3.49. The van der Waals surface area contributed by atoms with Crippen LogP contribution in [0.3, 0.4) is 0 Å². The topological polar surface area (TPSA) is 78.9 Å². The van der Waals surface area contributed by atoms with E-state index in [2.05, 4.69) is 0 Å². The lowest BCUT2D eigenvalue weighted by molar-refractivity contribution is -0.148. The number of fused-ring (bicyclic) bond motifs is 2. The van der Waals surface area contributed by atoms with E-state index >= 15 is 0 Å². The van der Waals surface area contributed by atoms with E-state index in [1.54, 1.807) is 13.0 Å². The molecule has 2 aliphatic rings. The molecule has 2 bridgehead atoms. The minimum absolute atomic E-state index is 0.253. The molecule has 0 aromatic heterocycles. The van der Waals surface area contributed by atoms with Gasteiger partial charge in [0.25, 0.3) is 0 Å². The Hall–Kier alpha value is -2.89. The predicted octanol–water partition coefficient (Wildman–Crippen LogP) is 2.15. The fourth-order valence-electron chi connectivity index (χ4n) is 3.49. The number of hydrogen-bond acceptors (Lipinski definition) is 6. The van der Waals surface area contributed by atoms with Gasteiger partial charge in [-0.05, 0) is 18.1 Å².